The average molecular weight is 171 g/mol. The van der Waals surface area contributed by atoms with Gasteiger partial charge in [-0.2, -0.15) is 0 Å². The maximum absolute atomic E-state index is 5.84. The molecule has 0 amide bonds. The summed E-state index contributed by atoms with van der Waals surface area (Å²) >= 11 is 0. The number of hydrogen-bond donors (Lipinski definition) is 1. The van der Waals surface area contributed by atoms with Crippen molar-refractivity contribution in [2.45, 2.75) is 51.0 Å². The summed E-state index contributed by atoms with van der Waals surface area (Å²) in [6.45, 7) is 3.72. The van der Waals surface area contributed by atoms with E-state index in [9.17, 15) is 0 Å². The van der Waals surface area contributed by atoms with Crippen molar-refractivity contribution >= 4 is 0 Å². The third-order valence-corrected chi connectivity index (χ3v) is 2.75. The second kappa shape index (κ2) is 4.83. The van der Waals surface area contributed by atoms with E-state index in [1.807, 2.05) is 0 Å². The normalized spacial score (nSPS) is 22.5. The smallest absolute Gasteiger partial charge is 0.0804 e. The van der Waals surface area contributed by atoms with Crippen LogP contribution in [0.1, 0.15) is 45.4 Å². The number of hydrogen-bond acceptors (Lipinski definition) is 2. The number of nitrogens with two attached hydrogens (primary N) is 1. The van der Waals surface area contributed by atoms with E-state index in [4.69, 9.17) is 10.5 Å². The largest absolute Gasteiger partial charge is 0.374 e. The van der Waals surface area contributed by atoms with E-state index >= 15 is 0 Å². The van der Waals surface area contributed by atoms with Crippen LogP contribution in [0.2, 0.25) is 0 Å². The van der Waals surface area contributed by atoms with Gasteiger partial charge < -0.3 is 10.5 Å². The van der Waals surface area contributed by atoms with Crippen LogP contribution in [-0.4, -0.2) is 18.8 Å². The first-order valence-electron chi connectivity index (χ1n) is 5.17. The zero-order valence-corrected chi connectivity index (χ0v) is 8.14. The van der Waals surface area contributed by atoms with Crippen molar-refractivity contribution in [3.05, 3.63) is 0 Å². The molecular weight excluding hydrogens is 150 g/mol. The van der Waals surface area contributed by atoms with Gasteiger partial charge in [0.2, 0.25) is 0 Å². The highest BCUT2D eigenvalue weighted by Gasteiger charge is 2.30. The molecule has 0 radical (unpaired) electrons. The fourth-order valence-corrected chi connectivity index (χ4v) is 1.92. The Morgan fingerprint density at radius 3 is 2.42 bits per heavy atom. The Bertz CT molecular complexity index is 119. The molecule has 0 aromatic rings. The Morgan fingerprint density at radius 1 is 1.25 bits per heavy atom. The fourth-order valence-electron chi connectivity index (χ4n) is 1.92. The summed E-state index contributed by atoms with van der Waals surface area (Å²) in [5.74, 6) is 0. The molecule has 1 fully saturated rings. The quantitative estimate of drug-likeness (QED) is 0.703. The zero-order valence-electron chi connectivity index (χ0n) is 8.14. The van der Waals surface area contributed by atoms with Crippen LogP contribution in [0, 0.1) is 0 Å². The van der Waals surface area contributed by atoms with E-state index < -0.39 is 0 Å². The van der Waals surface area contributed by atoms with E-state index in [1.165, 1.54) is 32.1 Å². The predicted molar refractivity (Wildman–Crippen MR) is 51.1 cm³/mol. The first-order valence-corrected chi connectivity index (χ1v) is 5.17. The lowest BCUT2D eigenvalue weighted by Crippen LogP contribution is -2.42. The van der Waals surface area contributed by atoms with Gasteiger partial charge >= 0.3 is 0 Å². The van der Waals surface area contributed by atoms with Gasteiger partial charge in [-0.25, -0.2) is 0 Å². The monoisotopic (exact) mass is 171 g/mol. The summed E-state index contributed by atoms with van der Waals surface area (Å²) in [5.41, 5.74) is 5.80. The van der Waals surface area contributed by atoms with Gasteiger partial charge in [0.05, 0.1) is 5.60 Å². The molecule has 0 aromatic heterocycles. The molecule has 0 saturated heterocycles. The highest BCUT2D eigenvalue weighted by molar-refractivity contribution is 4.85. The lowest BCUT2D eigenvalue weighted by molar-refractivity contribution is -0.0627. The van der Waals surface area contributed by atoms with Crippen LogP contribution >= 0.6 is 0 Å². The Kier molecular flexibility index (Phi) is 4.02. The molecule has 0 aromatic carbocycles. The van der Waals surface area contributed by atoms with E-state index in [0.29, 0.717) is 6.54 Å². The molecule has 1 saturated carbocycles. The van der Waals surface area contributed by atoms with Gasteiger partial charge in [0, 0.05) is 13.2 Å². The first kappa shape index (κ1) is 10.0. The molecule has 72 valence electrons. The summed E-state index contributed by atoms with van der Waals surface area (Å²) in [7, 11) is 0. The van der Waals surface area contributed by atoms with Crippen LogP contribution in [0.4, 0.5) is 0 Å². The maximum Gasteiger partial charge on any atom is 0.0804 e. The first-order chi connectivity index (χ1) is 5.83. The van der Waals surface area contributed by atoms with Crippen LogP contribution in [0.15, 0.2) is 0 Å². The van der Waals surface area contributed by atoms with E-state index in [0.717, 1.165) is 13.0 Å². The third kappa shape index (κ3) is 2.46. The molecular formula is C10H21NO. The van der Waals surface area contributed by atoms with E-state index in [-0.39, 0.29) is 5.60 Å². The minimum atomic E-state index is 0.0499. The molecule has 0 bridgehead atoms. The summed E-state index contributed by atoms with van der Waals surface area (Å²) in [6.07, 6.45) is 7.38. The summed E-state index contributed by atoms with van der Waals surface area (Å²) in [5, 5.41) is 0. The highest BCUT2D eigenvalue weighted by atomic mass is 16.5. The minimum absolute atomic E-state index is 0.0499. The molecule has 0 atom stereocenters. The second-order valence-electron chi connectivity index (χ2n) is 3.80. The van der Waals surface area contributed by atoms with Gasteiger partial charge in [-0.1, -0.05) is 26.2 Å². The van der Waals surface area contributed by atoms with Crippen LogP contribution in [0.25, 0.3) is 0 Å². The molecule has 2 heteroatoms. The van der Waals surface area contributed by atoms with Gasteiger partial charge in [-0.05, 0) is 19.3 Å². The topological polar surface area (TPSA) is 35.2 Å². The summed E-state index contributed by atoms with van der Waals surface area (Å²) in [6, 6.07) is 0. The standard InChI is InChI=1S/C10H21NO/c1-2-8-12-10(9-11)6-4-3-5-7-10/h2-9,11H2,1H3. The van der Waals surface area contributed by atoms with Crippen molar-refractivity contribution in [3.63, 3.8) is 0 Å². The van der Waals surface area contributed by atoms with Crippen molar-refractivity contribution in [2.75, 3.05) is 13.2 Å². The van der Waals surface area contributed by atoms with E-state index in [1.54, 1.807) is 0 Å². The van der Waals surface area contributed by atoms with Crippen LogP contribution in [-0.2, 0) is 4.74 Å². The molecule has 0 spiro atoms. The van der Waals surface area contributed by atoms with Crippen molar-refractivity contribution in [1.29, 1.82) is 0 Å². The highest BCUT2D eigenvalue weighted by Crippen LogP contribution is 2.30. The van der Waals surface area contributed by atoms with Crippen molar-refractivity contribution in [2.24, 2.45) is 5.73 Å². The average Bonchev–Trinajstić information content (AvgIpc) is 2.16. The van der Waals surface area contributed by atoms with Crippen molar-refractivity contribution < 1.29 is 4.74 Å². The maximum atomic E-state index is 5.84. The number of rotatable bonds is 4. The molecule has 2 N–H and O–H groups in total. The third-order valence-electron chi connectivity index (χ3n) is 2.75. The molecule has 12 heavy (non-hydrogen) atoms. The van der Waals surface area contributed by atoms with Crippen LogP contribution < -0.4 is 5.73 Å². The second-order valence-corrected chi connectivity index (χ2v) is 3.80. The van der Waals surface area contributed by atoms with Crippen LogP contribution in [0.3, 0.4) is 0 Å². The predicted octanol–water partition coefficient (Wildman–Crippen LogP) is 2.07. The molecule has 1 rings (SSSR count). The number of ether oxygens (including phenoxy) is 1. The SMILES string of the molecule is CCCOC1(CN)CCCCC1. The minimum Gasteiger partial charge on any atom is -0.374 e. The Labute approximate surface area is 75.5 Å². The fraction of sp³-hybridized carbons (Fsp3) is 1.00. The summed E-state index contributed by atoms with van der Waals surface area (Å²) in [4.78, 5) is 0. The van der Waals surface area contributed by atoms with Gasteiger partial charge in [-0.3, -0.25) is 0 Å². The van der Waals surface area contributed by atoms with Crippen molar-refractivity contribution in [3.8, 4) is 0 Å². The molecule has 0 unspecified atom stereocenters. The Balaban J connectivity index is 2.37. The Morgan fingerprint density at radius 2 is 1.92 bits per heavy atom. The Hall–Kier alpha value is -0.0800. The lowest BCUT2D eigenvalue weighted by Gasteiger charge is -2.36. The molecule has 2 nitrogen and oxygen atoms in total. The molecule has 0 aliphatic heterocycles. The van der Waals surface area contributed by atoms with Gasteiger partial charge in [0.1, 0.15) is 0 Å². The zero-order chi connectivity index (χ0) is 8.86. The van der Waals surface area contributed by atoms with Gasteiger partial charge in [-0.15, -0.1) is 0 Å². The molecule has 1 aliphatic rings. The van der Waals surface area contributed by atoms with Gasteiger partial charge in [0.25, 0.3) is 0 Å². The summed E-state index contributed by atoms with van der Waals surface area (Å²) < 4.78 is 5.84. The van der Waals surface area contributed by atoms with E-state index in [2.05, 4.69) is 6.92 Å². The van der Waals surface area contributed by atoms with Crippen molar-refractivity contribution in [1.82, 2.24) is 0 Å². The van der Waals surface area contributed by atoms with Crippen LogP contribution in [0.5, 0.6) is 0 Å². The van der Waals surface area contributed by atoms with Gasteiger partial charge in [0.15, 0.2) is 0 Å². The molecule has 1 aliphatic carbocycles. The molecule has 0 heterocycles. The lowest BCUT2D eigenvalue weighted by atomic mass is 9.85.